The van der Waals surface area contributed by atoms with Crippen LogP contribution in [0.4, 0.5) is 0 Å². The first kappa shape index (κ1) is 15.6. The smallest absolute Gasteiger partial charge is 0.119 e. The number of piperidine rings is 3. The summed E-state index contributed by atoms with van der Waals surface area (Å²) >= 11 is 0. The molecule has 3 fully saturated rings. The third kappa shape index (κ3) is 2.50. The van der Waals surface area contributed by atoms with Crippen molar-refractivity contribution in [3.63, 3.8) is 0 Å². The second kappa shape index (κ2) is 6.19. The molecular weight excluding hydrogens is 298 g/mol. The molecule has 4 heteroatoms. The van der Waals surface area contributed by atoms with Crippen molar-refractivity contribution in [2.75, 3.05) is 20.2 Å². The van der Waals surface area contributed by atoms with Gasteiger partial charge >= 0.3 is 0 Å². The molecule has 1 aromatic carbocycles. The normalized spacial score (nSPS) is 30.2. The molecule has 1 unspecified atom stereocenters. The molecule has 3 saturated heterocycles. The number of rotatable bonds is 4. The number of benzene rings is 1. The van der Waals surface area contributed by atoms with Crippen LogP contribution in [0, 0.1) is 11.8 Å². The van der Waals surface area contributed by atoms with Gasteiger partial charge in [0.15, 0.2) is 0 Å². The summed E-state index contributed by atoms with van der Waals surface area (Å²) in [5.74, 6) is 2.20. The van der Waals surface area contributed by atoms with E-state index in [1.807, 2.05) is 18.3 Å². The molecular formula is C20H25N3O. The minimum absolute atomic E-state index is 0.00354. The summed E-state index contributed by atoms with van der Waals surface area (Å²) in [5.41, 5.74) is 8.91. The van der Waals surface area contributed by atoms with Gasteiger partial charge in [-0.3, -0.25) is 9.88 Å². The lowest BCUT2D eigenvalue weighted by molar-refractivity contribution is 0.00749. The molecule has 24 heavy (non-hydrogen) atoms. The molecule has 126 valence electrons. The Labute approximate surface area is 143 Å². The topological polar surface area (TPSA) is 51.4 Å². The number of aromatic nitrogens is 1. The van der Waals surface area contributed by atoms with Crippen LogP contribution in [0.5, 0.6) is 5.75 Å². The molecule has 2 aromatic rings. The lowest BCUT2D eigenvalue weighted by Crippen LogP contribution is -2.56. The SMILES string of the molecule is C=C[C@H]1CN2CC[C@H]1C[C@@H]2[C@H](N)c1ccnc2ccc(OC)cc12. The van der Waals surface area contributed by atoms with Crippen LogP contribution < -0.4 is 10.5 Å². The fourth-order valence-electron chi connectivity index (χ4n) is 4.52. The van der Waals surface area contributed by atoms with Crippen molar-refractivity contribution in [1.82, 2.24) is 9.88 Å². The summed E-state index contributed by atoms with van der Waals surface area (Å²) in [7, 11) is 1.69. The lowest BCUT2D eigenvalue weighted by Gasteiger charge is -2.51. The largest absolute Gasteiger partial charge is 0.497 e. The fraction of sp³-hybridized carbons (Fsp3) is 0.450. The van der Waals surface area contributed by atoms with Gasteiger partial charge in [-0.25, -0.2) is 0 Å². The highest BCUT2D eigenvalue weighted by atomic mass is 16.5. The summed E-state index contributed by atoms with van der Waals surface area (Å²) < 4.78 is 5.39. The molecule has 3 aliphatic rings. The molecule has 0 amide bonds. The predicted octanol–water partition coefficient (Wildman–Crippen LogP) is 3.14. The minimum atomic E-state index is -0.00354. The van der Waals surface area contributed by atoms with Crippen LogP contribution in [0.25, 0.3) is 10.9 Å². The number of hydrogen-bond acceptors (Lipinski definition) is 4. The first-order valence-corrected chi connectivity index (χ1v) is 8.76. The fourth-order valence-corrected chi connectivity index (χ4v) is 4.52. The number of nitrogens with two attached hydrogens (primary N) is 1. The summed E-state index contributed by atoms with van der Waals surface area (Å²) in [6, 6.07) is 8.48. The molecule has 4 nitrogen and oxygen atoms in total. The molecule has 3 aliphatic heterocycles. The second-order valence-corrected chi connectivity index (χ2v) is 7.06. The van der Waals surface area contributed by atoms with Gasteiger partial charge in [0.2, 0.25) is 0 Å². The predicted molar refractivity (Wildman–Crippen MR) is 97.0 cm³/mol. The van der Waals surface area contributed by atoms with Crippen LogP contribution in [-0.2, 0) is 0 Å². The lowest BCUT2D eigenvalue weighted by atomic mass is 9.73. The van der Waals surface area contributed by atoms with E-state index in [-0.39, 0.29) is 6.04 Å². The molecule has 1 aromatic heterocycles. The maximum absolute atomic E-state index is 6.76. The highest BCUT2D eigenvalue weighted by molar-refractivity contribution is 5.84. The van der Waals surface area contributed by atoms with Crippen molar-refractivity contribution in [1.29, 1.82) is 0 Å². The number of pyridine rings is 1. The Morgan fingerprint density at radius 1 is 1.42 bits per heavy atom. The molecule has 0 radical (unpaired) electrons. The van der Waals surface area contributed by atoms with Crippen LogP contribution in [0.3, 0.4) is 0 Å². The monoisotopic (exact) mass is 323 g/mol. The quantitative estimate of drug-likeness (QED) is 0.878. The number of hydrogen-bond donors (Lipinski definition) is 1. The number of ether oxygens (including phenoxy) is 1. The van der Waals surface area contributed by atoms with E-state index in [1.165, 1.54) is 12.0 Å². The number of nitrogens with zero attached hydrogens (tertiary/aromatic N) is 2. The molecule has 2 N–H and O–H groups in total. The van der Waals surface area contributed by atoms with E-state index in [4.69, 9.17) is 10.5 Å². The van der Waals surface area contributed by atoms with Crippen molar-refractivity contribution in [2.24, 2.45) is 17.6 Å². The second-order valence-electron chi connectivity index (χ2n) is 7.06. The highest BCUT2D eigenvalue weighted by Gasteiger charge is 2.41. The Kier molecular flexibility index (Phi) is 4.02. The average molecular weight is 323 g/mol. The van der Waals surface area contributed by atoms with Crippen molar-refractivity contribution >= 4 is 10.9 Å². The Morgan fingerprint density at radius 2 is 2.29 bits per heavy atom. The summed E-state index contributed by atoms with van der Waals surface area (Å²) in [6.45, 7) is 6.26. The van der Waals surface area contributed by atoms with Crippen molar-refractivity contribution in [3.05, 3.63) is 48.7 Å². The van der Waals surface area contributed by atoms with E-state index in [9.17, 15) is 0 Å². The van der Waals surface area contributed by atoms with Gasteiger partial charge in [-0.1, -0.05) is 6.08 Å². The van der Waals surface area contributed by atoms with Crippen LogP contribution in [0.15, 0.2) is 43.1 Å². The Balaban J connectivity index is 1.69. The van der Waals surface area contributed by atoms with Crippen LogP contribution >= 0.6 is 0 Å². The van der Waals surface area contributed by atoms with Gasteiger partial charge in [0.05, 0.1) is 12.6 Å². The third-order valence-electron chi connectivity index (χ3n) is 5.91. The van der Waals surface area contributed by atoms with Gasteiger partial charge in [-0.15, -0.1) is 6.58 Å². The molecule has 5 atom stereocenters. The Morgan fingerprint density at radius 3 is 3.00 bits per heavy atom. The van der Waals surface area contributed by atoms with E-state index in [1.54, 1.807) is 7.11 Å². The maximum Gasteiger partial charge on any atom is 0.119 e. The molecule has 4 heterocycles. The molecule has 2 bridgehead atoms. The zero-order valence-electron chi connectivity index (χ0n) is 14.2. The van der Waals surface area contributed by atoms with E-state index < -0.39 is 0 Å². The van der Waals surface area contributed by atoms with Gasteiger partial charge in [0.25, 0.3) is 0 Å². The Bertz CT molecular complexity index is 760. The van der Waals surface area contributed by atoms with Gasteiger partial charge in [0, 0.05) is 30.2 Å². The summed E-state index contributed by atoms with van der Waals surface area (Å²) in [5, 5.41) is 1.10. The zero-order chi connectivity index (χ0) is 16.7. The minimum Gasteiger partial charge on any atom is -0.497 e. The van der Waals surface area contributed by atoms with Gasteiger partial charge in [-0.2, -0.15) is 0 Å². The third-order valence-corrected chi connectivity index (χ3v) is 5.91. The maximum atomic E-state index is 6.76. The van der Waals surface area contributed by atoms with E-state index >= 15 is 0 Å². The van der Waals surface area contributed by atoms with Crippen molar-refractivity contribution in [2.45, 2.75) is 24.9 Å². The van der Waals surface area contributed by atoms with E-state index in [0.29, 0.717) is 12.0 Å². The molecule has 0 saturated carbocycles. The average Bonchev–Trinajstić information content (AvgIpc) is 2.66. The van der Waals surface area contributed by atoms with Crippen LogP contribution in [-0.4, -0.2) is 36.1 Å². The van der Waals surface area contributed by atoms with E-state index in [0.717, 1.165) is 42.1 Å². The van der Waals surface area contributed by atoms with Crippen LogP contribution in [0.2, 0.25) is 0 Å². The van der Waals surface area contributed by atoms with E-state index in [2.05, 4.69) is 34.7 Å². The van der Waals surface area contributed by atoms with Crippen molar-refractivity contribution < 1.29 is 4.74 Å². The Hall–Kier alpha value is -1.91. The van der Waals surface area contributed by atoms with Crippen LogP contribution in [0.1, 0.15) is 24.4 Å². The number of methoxy groups -OCH3 is 1. The first-order valence-electron chi connectivity index (χ1n) is 8.76. The van der Waals surface area contributed by atoms with Crippen molar-refractivity contribution in [3.8, 4) is 5.75 Å². The zero-order valence-corrected chi connectivity index (χ0v) is 14.2. The van der Waals surface area contributed by atoms with Gasteiger partial charge < -0.3 is 10.5 Å². The molecule has 0 spiro atoms. The van der Waals surface area contributed by atoms with Gasteiger partial charge in [0.1, 0.15) is 5.75 Å². The number of fused-ring (bicyclic) bond motifs is 4. The summed E-state index contributed by atoms with van der Waals surface area (Å²) in [4.78, 5) is 7.04. The standard InChI is InChI=1S/C20H25N3O/c1-3-13-12-23-9-7-14(13)10-19(23)20(21)16-6-8-22-18-5-4-15(24-2)11-17(16)18/h3-6,8,11,13-14,19-20H,1,7,9-10,12,21H2,2H3/t13-,14-,19+,20+/m0/s1. The molecule has 5 rings (SSSR count). The summed E-state index contributed by atoms with van der Waals surface area (Å²) in [6.07, 6.45) is 6.43. The first-order chi connectivity index (χ1) is 11.7. The highest BCUT2D eigenvalue weighted by Crippen LogP contribution is 2.41. The van der Waals surface area contributed by atoms with Gasteiger partial charge in [-0.05, 0) is 61.1 Å². The molecule has 0 aliphatic carbocycles.